The molecular weight excluding hydrogens is 1150 g/mol. The van der Waals surface area contributed by atoms with Crippen LogP contribution in [0.25, 0.3) is 193 Å². The van der Waals surface area contributed by atoms with Crippen LogP contribution in [0.5, 0.6) is 0 Å². The van der Waals surface area contributed by atoms with Crippen LogP contribution in [0.15, 0.2) is 255 Å². The normalized spacial score (nSPS) is 12.6. The first-order valence-electron chi connectivity index (χ1n) is 31.9. The largest absolute Gasteiger partial charge is 0.309 e. The van der Waals surface area contributed by atoms with Gasteiger partial charge in [0, 0.05) is 44.3 Å². The van der Waals surface area contributed by atoms with Crippen molar-refractivity contribution in [3.05, 3.63) is 277 Å². The number of hydrogen-bond acceptors (Lipinski definition) is 2. The maximum Gasteiger partial charge on any atom is 0.0655 e. The minimum atomic E-state index is 1.13. The fourth-order valence-corrected chi connectivity index (χ4v) is 18.9. The highest BCUT2D eigenvalue weighted by Gasteiger charge is 2.25. The highest BCUT2D eigenvalue weighted by molar-refractivity contribution is 7.25. The van der Waals surface area contributed by atoms with Crippen molar-refractivity contribution in [1.82, 2.24) is 18.3 Å². The number of aryl methyl sites for hydroxylation is 4. The van der Waals surface area contributed by atoms with Gasteiger partial charge in [-0.05, 0) is 245 Å². The lowest BCUT2D eigenvalue weighted by atomic mass is 9.92. The molecule has 92 heavy (non-hydrogen) atoms. The minimum absolute atomic E-state index is 1.13. The van der Waals surface area contributed by atoms with Crippen LogP contribution < -0.4 is 0 Å². The Morgan fingerprint density at radius 3 is 1.00 bits per heavy atom. The zero-order valence-electron chi connectivity index (χ0n) is 50.9. The Labute approximate surface area is 535 Å². The third kappa shape index (κ3) is 7.00. The molecule has 0 atom stereocenters. The maximum atomic E-state index is 2.54. The molecule has 0 saturated carbocycles. The van der Waals surface area contributed by atoms with Crippen LogP contribution in [-0.2, 0) is 0 Å². The number of nitrogens with zero attached hydrogens (tertiary/aromatic N) is 4. The number of hydrogen-bond donors (Lipinski definition) is 0. The first kappa shape index (κ1) is 50.8. The van der Waals surface area contributed by atoms with E-state index in [1.165, 1.54) is 204 Å². The van der Waals surface area contributed by atoms with E-state index in [-0.39, 0.29) is 0 Å². The highest BCUT2D eigenvalue weighted by Crippen LogP contribution is 2.49. The third-order valence-corrected chi connectivity index (χ3v) is 22.5. The molecular formula is C86H54N4S2. The molecule has 21 rings (SSSR count). The summed E-state index contributed by atoms with van der Waals surface area (Å²) < 4.78 is 15.1. The lowest BCUT2D eigenvalue weighted by Gasteiger charge is -2.18. The Hall–Kier alpha value is -11.0. The van der Waals surface area contributed by atoms with Crippen molar-refractivity contribution < 1.29 is 0 Å². The number of para-hydroxylation sites is 2. The van der Waals surface area contributed by atoms with Gasteiger partial charge in [-0.15, -0.1) is 22.7 Å². The molecule has 4 nitrogen and oxygen atoms in total. The summed E-state index contributed by atoms with van der Waals surface area (Å²) in [4.78, 5) is 0. The number of benzene rings is 17. The minimum Gasteiger partial charge on any atom is -0.309 e. The van der Waals surface area contributed by atoms with Crippen LogP contribution in [0.2, 0.25) is 0 Å². The van der Waals surface area contributed by atoms with Gasteiger partial charge in [-0.2, -0.15) is 0 Å². The Morgan fingerprint density at radius 1 is 0.196 bits per heavy atom. The van der Waals surface area contributed by atoms with Gasteiger partial charge in [0.15, 0.2) is 0 Å². The van der Waals surface area contributed by atoms with E-state index < -0.39 is 0 Å². The average molecular weight is 1210 g/mol. The molecule has 0 unspecified atom stereocenters. The average Bonchev–Trinajstić information content (AvgIpc) is 1.48. The van der Waals surface area contributed by atoms with E-state index in [2.05, 4.69) is 301 Å². The molecule has 0 aliphatic heterocycles. The monoisotopic (exact) mass is 1210 g/mol. The molecule has 0 fully saturated rings. The lowest BCUT2D eigenvalue weighted by molar-refractivity contribution is 1.15. The molecule has 0 spiro atoms. The second-order valence-corrected chi connectivity index (χ2v) is 28.1. The van der Waals surface area contributed by atoms with Crippen LogP contribution >= 0.6 is 22.7 Å². The summed E-state index contributed by atoms with van der Waals surface area (Å²) >= 11 is 3.77. The van der Waals surface area contributed by atoms with E-state index in [1.54, 1.807) is 0 Å². The second-order valence-electron chi connectivity index (χ2n) is 26.0. The summed E-state index contributed by atoms with van der Waals surface area (Å²) in [5.41, 5.74) is 19.2. The van der Waals surface area contributed by atoms with Crippen molar-refractivity contribution >= 4 is 193 Å². The first-order chi connectivity index (χ1) is 45.2. The number of fused-ring (bicyclic) bond motifs is 15. The summed E-state index contributed by atoms with van der Waals surface area (Å²) in [7, 11) is 0. The van der Waals surface area contributed by atoms with E-state index in [0.29, 0.717) is 0 Å². The van der Waals surface area contributed by atoms with Crippen molar-refractivity contribution in [3.63, 3.8) is 0 Å². The topological polar surface area (TPSA) is 19.7 Å². The SMILES string of the molecule is Cc1cc(C)cc(-n2c3cc4c(cc3c3c5ccc6cccc7ccc(cc32)c5c76)sc2ccccc2n4-c2ccc3c(ccc4cc(-n5c6ccccc6sc6cc7c8c9ccc%10cccc%11ccc(cc8n(-c8cc(C)cc(C)c8)c7cc65)c9c%11%10)ccc43)c2)c1. The molecule has 4 aromatic heterocycles. The molecule has 0 aliphatic rings. The molecule has 0 saturated heterocycles. The van der Waals surface area contributed by atoms with Crippen LogP contribution in [0, 0.1) is 27.7 Å². The van der Waals surface area contributed by atoms with Crippen LogP contribution in [0.3, 0.4) is 0 Å². The zero-order valence-corrected chi connectivity index (χ0v) is 52.5. The van der Waals surface area contributed by atoms with E-state index in [0.717, 1.165) is 11.4 Å². The molecule has 21 aromatic rings. The predicted octanol–water partition coefficient (Wildman–Crippen LogP) is 24.7. The van der Waals surface area contributed by atoms with E-state index in [9.17, 15) is 0 Å². The summed E-state index contributed by atoms with van der Waals surface area (Å²) in [5, 5.41) is 25.6. The second kappa shape index (κ2) is 18.3. The van der Waals surface area contributed by atoms with Crippen LogP contribution in [-0.4, -0.2) is 18.3 Å². The van der Waals surface area contributed by atoms with Crippen molar-refractivity contribution in [2.75, 3.05) is 0 Å². The van der Waals surface area contributed by atoms with Gasteiger partial charge in [-0.3, -0.25) is 0 Å². The van der Waals surface area contributed by atoms with Gasteiger partial charge < -0.3 is 18.3 Å². The molecule has 17 aromatic carbocycles. The molecule has 0 bridgehead atoms. The van der Waals surface area contributed by atoms with E-state index in [4.69, 9.17) is 0 Å². The van der Waals surface area contributed by atoms with Gasteiger partial charge in [0.2, 0.25) is 0 Å². The Morgan fingerprint density at radius 2 is 0.565 bits per heavy atom. The first-order valence-corrected chi connectivity index (χ1v) is 33.5. The molecule has 0 aliphatic carbocycles. The highest BCUT2D eigenvalue weighted by atomic mass is 32.1. The smallest absolute Gasteiger partial charge is 0.0655 e. The standard InChI is InChI=1S/C86H54N4S2/c1-47-33-48(2)36-61(35-47)89-71-45-73-79(43-67(71)85-65-29-25-53-13-9-11-51-19-23-57(41-75(85)89)83(65)81(51)53)91-77-17-7-5-15-69(77)87(73)59-27-31-63-55(39-59)21-22-56-40-60(28-32-64(56)63)88-70-16-6-8-18-78(70)92-80-44-68-72(46-74(80)88)90(62-37-49(3)34-50(4)38-62)76-42-58-24-20-52-12-10-14-54-26-30-66(86(68)76)84(58)82(52)54/h5-46H,1-4H3. The predicted molar refractivity (Wildman–Crippen MR) is 399 cm³/mol. The molecule has 0 radical (unpaired) electrons. The quantitative estimate of drug-likeness (QED) is 0.124. The summed E-state index contributed by atoms with van der Waals surface area (Å²) in [6.07, 6.45) is 0. The Kier molecular flexibility index (Phi) is 10.1. The van der Waals surface area contributed by atoms with Gasteiger partial charge in [0.05, 0.1) is 62.9 Å². The lowest BCUT2D eigenvalue weighted by Crippen LogP contribution is -2.01. The third-order valence-electron chi connectivity index (χ3n) is 20.3. The van der Waals surface area contributed by atoms with Gasteiger partial charge >= 0.3 is 0 Å². The van der Waals surface area contributed by atoms with E-state index in [1.807, 2.05) is 22.7 Å². The Bertz CT molecular complexity index is 6440. The maximum absolute atomic E-state index is 2.54. The molecule has 0 N–H and O–H groups in total. The van der Waals surface area contributed by atoms with Gasteiger partial charge in [0.1, 0.15) is 0 Å². The van der Waals surface area contributed by atoms with Gasteiger partial charge in [-0.25, -0.2) is 0 Å². The van der Waals surface area contributed by atoms with Crippen molar-refractivity contribution in [3.8, 4) is 22.7 Å². The van der Waals surface area contributed by atoms with Crippen LogP contribution in [0.1, 0.15) is 22.3 Å². The van der Waals surface area contributed by atoms with E-state index >= 15 is 0 Å². The summed E-state index contributed by atoms with van der Waals surface area (Å²) in [5.74, 6) is 0. The fourth-order valence-electron chi connectivity index (χ4n) is 16.7. The fraction of sp³-hybridized carbons (Fsp3) is 0.0465. The number of rotatable bonds is 4. The molecule has 0 amide bonds. The van der Waals surface area contributed by atoms with Crippen molar-refractivity contribution in [2.24, 2.45) is 0 Å². The van der Waals surface area contributed by atoms with Crippen molar-refractivity contribution in [1.29, 1.82) is 0 Å². The number of aromatic nitrogens is 4. The van der Waals surface area contributed by atoms with Crippen molar-refractivity contribution in [2.45, 2.75) is 27.7 Å². The van der Waals surface area contributed by atoms with Gasteiger partial charge in [0.25, 0.3) is 0 Å². The summed E-state index contributed by atoms with van der Waals surface area (Å²) in [6.45, 7) is 8.88. The van der Waals surface area contributed by atoms with Crippen LogP contribution in [0.4, 0.5) is 0 Å². The van der Waals surface area contributed by atoms with Gasteiger partial charge in [-0.1, -0.05) is 146 Å². The molecule has 4 heterocycles. The Balaban J connectivity index is 0.769. The zero-order chi connectivity index (χ0) is 60.5. The molecule has 430 valence electrons. The summed E-state index contributed by atoms with van der Waals surface area (Å²) in [6, 6.07) is 97.8. The molecule has 6 heteroatoms.